The number of amides is 2. The van der Waals surface area contributed by atoms with Crippen molar-refractivity contribution in [3.63, 3.8) is 0 Å². The van der Waals surface area contributed by atoms with Gasteiger partial charge in [-0.25, -0.2) is 4.98 Å². The summed E-state index contributed by atoms with van der Waals surface area (Å²) in [5.74, 6) is -0.164. The Balaban J connectivity index is 1.50. The first-order chi connectivity index (χ1) is 13.6. The number of carbonyl (C=O) groups is 2. The molecule has 3 aromatic rings. The zero-order valence-electron chi connectivity index (χ0n) is 15.5. The van der Waals surface area contributed by atoms with Gasteiger partial charge in [0, 0.05) is 11.6 Å². The fraction of sp³-hybridized carbons (Fsp3) is 0.136. The first-order valence-electron chi connectivity index (χ1n) is 8.91. The number of benzene rings is 2. The van der Waals surface area contributed by atoms with Crippen molar-refractivity contribution >= 4 is 17.5 Å². The Morgan fingerprint density at radius 3 is 2.29 bits per heavy atom. The summed E-state index contributed by atoms with van der Waals surface area (Å²) in [7, 11) is 0. The van der Waals surface area contributed by atoms with Gasteiger partial charge in [0.15, 0.2) is 0 Å². The van der Waals surface area contributed by atoms with Crippen LogP contribution in [0.2, 0.25) is 0 Å². The van der Waals surface area contributed by atoms with Crippen molar-refractivity contribution in [2.24, 2.45) is 0 Å². The quantitative estimate of drug-likeness (QED) is 0.663. The monoisotopic (exact) mass is 375 g/mol. The summed E-state index contributed by atoms with van der Waals surface area (Å²) in [6.45, 7) is 2.04. The van der Waals surface area contributed by atoms with Crippen LogP contribution >= 0.6 is 0 Å². The predicted molar refractivity (Wildman–Crippen MR) is 107 cm³/mol. The number of hydrogen-bond acceptors (Lipinski definition) is 4. The van der Waals surface area contributed by atoms with Crippen LogP contribution in [0, 0.1) is 0 Å². The minimum absolute atomic E-state index is 0.300. The molecule has 28 heavy (non-hydrogen) atoms. The van der Waals surface area contributed by atoms with Crippen LogP contribution in [0.5, 0.6) is 5.88 Å². The Morgan fingerprint density at radius 2 is 1.64 bits per heavy atom. The highest BCUT2D eigenvalue weighted by molar-refractivity contribution is 6.00. The maximum Gasteiger partial charge on any atom is 0.251 e. The van der Waals surface area contributed by atoms with E-state index in [1.807, 2.05) is 36.4 Å². The van der Waals surface area contributed by atoms with Gasteiger partial charge >= 0.3 is 0 Å². The maximum atomic E-state index is 12.3. The zero-order valence-corrected chi connectivity index (χ0v) is 15.5. The molecule has 2 N–H and O–H groups in total. The number of pyridine rings is 1. The van der Waals surface area contributed by atoms with E-state index in [0.29, 0.717) is 23.7 Å². The van der Waals surface area contributed by atoms with Crippen molar-refractivity contribution in [1.82, 2.24) is 10.3 Å². The molecule has 0 bridgehead atoms. The number of nitrogens with zero attached hydrogens (tertiary/aromatic N) is 1. The molecule has 6 heteroatoms. The highest BCUT2D eigenvalue weighted by Gasteiger charge is 2.16. The summed E-state index contributed by atoms with van der Waals surface area (Å²) < 4.78 is 5.62. The maximum absolute atomic E-state index is 12.3. The summed E-state index contributed by atoms with van der Waals surface area (Å²) in [6, 6.07) is 21.2. The Labute approximate surface area is 163 Å². The molecule has 1 aromatic heterocycles. The first kappa shape index (κ1) is 19.1. The SMILES string of the molecule is CC(NC(=O)c1ccccc1)C(=O)Nc1ccc(OCc2ccccc2)nc1. The second kappa shape index (κ2) is 9.32. The van der Waals surface area contributed by atoms with Crippen molar-refractivity contribution in [2.75, 3.05) is 5.32 Å². The van der Waals surface area contributed by atoms with Gasteiger partial charge in [0.25, 0.3) is 5.91 Å². The number of anilines is 1. The van der Waals surface area contributed by atoms with E-state index in [1.165, 1.54) is 6.20 Å². The highest BCUT2D eigenvalue weighted by Crippen LogP contribution is 2.13. The molecule has 2 amide bonds. The first-order valence-corrected chi connectivity index (χ1v) is 8.91. The average Bonchev–Trinajstić information content (AvgIpc) is 2.74. The molecule has 1 heterocycles. The molecule has 0 aliphatic carbocycles. The zero-order chi connectivity index (χ0) is 19.8. The fourth-order valence-electron chi connectivity index (χ4n) is 2.46. The van der Waals surface area contributed by atoms with Crippen LogP contribution in [0.1, 0.15) is 22.8 Å². The van der Waals surface area contributed by atoms with Crippen molar-refractivity contribution in [1.29, 1.82) is 0 Å². The lowest BCUT2D eigenvalue weighted by atomic mass is 10.2. The van der Waals surface area contributed by atoms with Crippen LogP contribution in [0.15, 0.2) is 79.0 Å². The van der Waals surface area contributed by atoms with E-state index in [4.69, 9.17) is 4.74 Å². The lowest BCUT2D eigenvalue weighted by Gasteiger charge is -2.14. The lowest BCUT2D eigenvalue weighted by Crippen LogP contribution is -2.41. The third kappa shape index (κ3) is 5.41. The Bertz CT molecular complexity index is 913. The Kier molecular flexibility index (Phi) is 6.36. The number of ether oxygens (including phenoxy) is 1. The standard InChI is InChI=1S/C22H21N3O3/c1-16(24-22(27)18-10-6-3-7-11-18)21(26)25-19-12-13-20(23-14-19)28-15-17-8-4-2-5-9-17/h2-14,16H,15H2,1H3,(H,24,27)(H,25,26). The number of nitrogens with one attached hydrogen (secondary N) is 2. The predicted octanol–water partition coefficient (Wildman–Crippen LogP) is 3.42. The van der Waals surface area contributed by atoms with Gasteiger partial charge in [-0.3, -0.25) is 9.59 Å². The molecule has 0 aliphatic heterocycles. The Hall–Kier alpha value is -3.67. The van der Waals surface area contributed by atoms with E-state index < -0.39 is 6.04 Å². The molecule has 0 spiro atoms. The third-order valence-electron chi connectivity index (χ3n) is 4.01. The topological polar surface area (TPSA) is 80.3 Å². The van der Waals surface area contributed by atoms with E-state index in [0.717, 1.165) is 5.56 Å². The van der Waals surface area contributed by atoms with E-state index in [9.17, 15) is 9.59 Å². The van der Waals surface area contributed by atoms with Gasteiger partial charge < -0.3 is 15.4 Å². The van der Waals surface area contributed by atoms with Gasteiger partial charge in [0.05, 0.1) is 11.9 Å². The average molecular weight is 375 g/mol. The number of rotatable bonds is 7. The number of aromatic nitrogens is 1. The third-order valence-corrected chi connectivity index (χ3v) is 4.01. The van der Waals surface area contributed by atoms with Gasteiger partial charge in [0.2, 0.25) is 11.8 Å². The van der Waals surface area contributed by atoms with Crippen molar-refractivity contribution in [3.05, 3.63) is 90.1 Å². The van der Waals surface area contributed by atoms with Crippen LogP contribution in [0.25, 0.3) is 0 Å². The summed E-state index contributed by atoms with van der Waals surface area (Å²) >= 11 is 0. The minimum atomic E-state index is -0.693. The van der Waals surface area contributed by atoms with E-state index >= 15 is 0 Å². The molecule has 0 aliphatic rings. The fourth-order valence-corrected chi connectivity index (χ4v) is 2.46. The molecule has 6 nitrogen and oxygen atoms in total. The van der Waals surface area contributed by atoms with Gasteiger partial charge in [-0.2, -0.15) is 0 Å². The number of hydrogen-bond donors (Lipinski definition) is 2. The molecule has 0 saturated carbocycles. The van der Waals surface area contributed by atoms with Gasteiger partial charge in [-0.05, 0) is 30.7 Å². The van der Waals surface area contributed by atoms with Crippen LogP contribution in [0.3, 0.4) is 0 Å². The minimum Gasteiger partial charge on any atom is -0.473 e. The molecule has 0 saturated heterocycles. The number of carbonyl (C=O) groups excluding carboxylic acids is 2. The van der Waals surface area contributed by atoms with Crippen LogP contribution in [-0.4, -0.2) is 22.8 Å². The van der Waals surface area contributed by atoms with E-state index in [2.05, 4.69) is 15.6 Å². The Morgan fingerprint density at radius 1 is 0.964 bits per heavy atom. The summed E-state index contributed by atoms with van der Waals surface area (Å²) in [5.41, 5.74) is 2.08. The van der Waals surface area contributed by atoms with Crippen molar-refractivity contribution in [3.8, 4) is 5.88 Å². The molecule has 1 atom stereocenters. The molecular weight excluding hydrogens is 354 g/mol. The van der Waals surface area contributed by atoms with Crippen LogP contribution in [0.4, 0.5) is 5.69 Å². The summed E-state index contributed by atoms with van der Waals surface area (Å²) in [6.07, 6.45) is 1.52. The van der Waals surface area contributed by atoms with Crippen LogP contribution < -0.4 is 15.4 Å². The van der Waals surface area contributed by atoms with Crippen molar-refractivity contribution in [2.45, 2.75) is 19.6 Å². The molecular formula is C22H21N3O3. The summed E-state index contributed by atoms with van der Waals surface area (Å²) in [4.78, 5) is 28.6. The van der Waals surface area contributed by atoms with Crippen LogP contribution in [-0.2, 0) is 11.4 Å². The smallest absolute Gasteiger partial charge is 0.251 e. The van der Waals surface area contributed by atoms with Gasteiger partial charge in [-0.1, -0.05) is 48.5 Å². The lowest BCUT2D eigenvalue weighted by molar-refractivity contribution is -0.117. The van der Waals surface area contributed by atoms with Crippen molar-refractivity contribution < 1.29 is 14.3 Å². The van der Waals surface area contributed by atoms with Gasteiger partial charge in [0.1, 0.15) is 12.6 Å². The highest BCUT2D eigenvalue weighted by atomic mass is 16.5. The molecule has 0 radical (unpaired) electrons. The van der Waals surface area contributed by atoms with E-state index in [1.54, 1.807) is 43.3 Å². The molecule has 1 unspecified atom stereocenters. The largest absolute Gasteiger partial charge is 0.473 e. The summed E-state index contributed by atoms with van der Waals surface area (Å²) in [5, 5.41) is 5.40. The molecule has 3 rings (SSSR count). The molecule has 0 fully saturated rings. The molecule has 2 aromatic carbocycles. The molecule has 142 valence electrons. The van der Waals surface area contributed by atoms with Gasteiger partial charge in [-0.15, -0.1) is 0 Å². The normalized spacial score (nSPS) is 11.3. The van der Waals surface area contributed by atoms with E-state index in [-0.39, 0.29) is 11.8 Å². The second-order valence-corrected chi connectivity index (χ2v) is 6.21. The second-order valence-electron chi connectivity index (χ2n) is 6.21.